The number of nitro groups is 1. The molecule has 0 unspecified atom stereocenters. The van der Waals surface area contributed by atoms with Crippen molar-refractivity contribution in [3.63, 3.8) is 0 Å². The third kappa shape index (κ3) is 3.90. The van der Waals surface area contributed by atoms with Crippen molar-refractivity contribution in [2.24, 2.45) is 0 Å². The van der Waals surface area contributed by atoms with Crippen LogP contribution in [0.2, 0.25) is 0 Å². The van der Waals surface area contributed by atoms with Crippen LogP contribution in [0, 0.1) is 10.1 Å². The van der Waals surface area contributed by atoms with Gasteiger partial charge in [0, 0.05) is 12.1 Å². The normalized spacial score (nSPS) is 11.9. The van der Waals surface area contributed by atoms with Gasteiger partial charge in [-0.3, -0.25) is 14.9 Å². The van der Waals surface area contributed by atoms with E-state index in [0.717, 1.165) is 6.07 Å². The first kappa shape index (κ1) is 18.2. The van der Waals surface area contributed by atoms with E-state index in [1.807, 2.05) is 0 Å². The third-order valence-corrected chi connectivity index (χ3v) is 4.05. The Morgan fingerprint density at radius 3 is 2.76 bits per heavy atom. The van der Waals surface area contributed by atoms with Crippen LogP contribution in [0.5, 0.6) is 23.0 Å². The van der Waals surface area contributed by atoms with Crippen LogP contribution in [0.4, 0.5) is 11.4 Å². The van der Waals surface area contributed by atoms with Gasteiger partial charge in [-0.2, -0.15) is 0 Å². The molecule has 0 bridgehead atoms. The lowest BCUT2D eigenvalue weighted by Crippen LogP contribution is -2.11. The van der Waals surface area contributed by atoms with E-state index in [0.29, 0.717) is 23.0 Å². The van der Waals surface area contributed by atoms with E-state index >= 15 is 0 Å². The molecule has 2 aromatic carbocycles. The summed E-state index contributed by atoms with van der Waals surface area (Å²) in [6.07, 6.45) is 0. The largest absolute Gasteiger partial charge is 0.506 e. The standard InChI is InChI=1S/C19H14N2O8/c22-15-7-11(21(24)25)1-4-14(15)20-19(23)17-6-3-13(29-17)9-26-12-2-5-16-18(8-12)28-10-27-16/h1-8,22H,9-10H2,(H,20,23). The summed E-state index contributed by atoms with van der Waals surface area (Å²) >= 11 is 0. The van der Waals surface area contributed by atoms with Crippen LogP contribution in [0.3, 0.4) is 0 Å². The highest BCUT2D eigenvalue weighted by Crippen LogP contribution is 2.35. The molecule has 10 heteroatoms. The predicted octanol–water partition coefficient (Wildman–Crippen LogP) is 3.45. The zero-order chi connectivity index (χ0) is 20.4. The molecule has 2 N–H and O–H groups in total. The quantitative estimate of drug-likeness (QED) is 0.366. The topological polar surface area (TPSA) is 133 Å². The van der Waals surface area contributed by atoms with Gasteiger partial charge in [0.05, 0.1) is 16.7 Å². The fourth-order valence-electron chi connectivity index (χ4n) is 2.62. The Balaban J connectivity index is 1.38. The number of anilines is 1. The van der Waals surface area contributed by atoms with Gasteiger partial charge in [0.2, 0.25) is 6.79 Å². The van der Waals surface area contributed by atoms with Crippen LogP contribution < -0.4 is 19.5 Å². The van der Waals surface area contributed by atoms with Crippen molar-refractivity contribution in [1.82, 2.24) is 0 Å². The molecule has 148 valence electrons. The molecule has 0 saturated heterocycles. The Bertz CT molecular complexity index is 1090. The minimum absolute atomic E-state index is 0.00737. The summed E-state index contributed by atoms with van der Waals surface area (Å²) < 4.78 is 21.6. The molecule has 0 fully saturated rings. The average molecular weight is 398 g/mol. The molecule has 0 aliphatic carbocycles. The number of furan rings is 1. The molecule has 0 atom stereocenters. The van der Waals surface area contributed by atoms with Crippen molar-refractivity contribution < 1.29 is 33.5 Å². The van der Waals surface area contributed by atoms with Gasteiger partial charge in [0.25, 0.3) is 11.6 Å². The second kappa shape index (κ2) is 7.43. The minimum atomic E-state index is -0.649. The predicted molar refractivity (Wildman–Crippen MR) is 98.3 cm³/mol. The van der Waals surface area contributed by atoms with Crippen LogP contribution in [-0.4, -0.2) is 22.7 Å². The highest BCUT2D eigenvalue weighted by molar-refractivity contribution is 6.03. The molecule has 0 saturated carbocycles. The van der Waals surface area contributed by atoms with Crippen molar-refractivity contribution in [3.05, 3.63) is 70.2 Å². The summed E-state index contributed by atoms with van der Waals surface area (Å²) in [5.74, 6) is 1.13. The number of amides is 1. The first-order valence-corrected chi connectivity index (χ1v) is 8.39. The number of rotatable bonds is 6. The summed E-state index contributed by atoms with van der Waals surface area (Å²) in [6, 6.07) is 11.5. The molecule has 1 aliphatic rings. The van der Waals surface area contributed by atoms with E-state index in [1.54, 1.807) is 24.3 Å². The van der Waals surface area contributed by atoms with Gasteiger partial charge < -0.3 is 29.1 Å². The molecule has 0 spiro atoms. The number of carbonyl (C=O) groups is 1. The van der Waals surface area contributed by atoms with Crippen LogP contribution in [0.15, 0.2) is 52.9 Å². The summed E-state index contributed by atoms with van der Waals surface area (Å²) in [4.78, 5) is 22.3. The lowest BCUT2D eigenvalue weighted by molar-refractivity contribution is -0.384. The number of nitro benzene ring substituents is 1. The Morgan fingerprint density at radius 1 is 1.14 bits per heavy atom. The SMILES string of the molecule is O=C(Nc1ccc([N+](=O)[O-])cc1O)c1ccc(COc2ccc3c(c2)OCO3)o1. The van der Waals surface area contributed by atoms with Crippen LogP contribution in [0.1, 0.15) is 16.3 Å². The number of phenols is 1. The number of hydrogen-bond acceptors (Lipinski definition) is 8. The number of nitrogens with zero attached hydrogens (tertiary/aromatic N) is 1. The summed E-state index contributed by atoms with van der Waals surface area (Å²) in [5, 5.41) is 23.0. The van der Waals surface area contributed by atoms with Crippen molar-refractivity contribution in [3.8, 4) is 23.0 Å². The maximum atomic E-state index is 12.3. The van der Waals surface area contributed by atoms with E-state index in [9.17, 15) is 20.0 Å². The highest BCUT2D eigenvalue weighted by Gasteiger charge is 2.17. The van der Waals surface area contributed by atoms with Gasteiger partial charge in [0.15, 0.2) is 17.3 Å². The second-order valence-corrected chi connectivity index (χ2v) is 5.98. The number of non-ortho nitro benzene ring substituents is 1. The van der Waals surface area contributed by atoms with E-state index in [2.05, 4.69) is 5.32 Å². The van der Waals surface area contributed by atoms with E-state index in [4.69, 9.17) is 18.6 Å². The van der Waals surface area contributed by atoms with Gasteiger partial charge in [-0.05, 0) is 30.3 Å². The number of hydrogen-bond donors (Lipinski definition) is 2. The number of ether oxygens (including phenoxy) is 3. The van der Waals surface area contributed by atoms with Gasteiger partial charge in [-0.1, -0.05) is 0 Å². The first-order valence-electron chi connectivity index (χ1n) is 8.39. The maximum Gasteiger partial charge on any atom is 0.291 e. The molecular weight excluding hydrogens is 384 g/mol. The van der Waals surface area contributed by atoms with Crippen molar-refractivity contribution >= 4 is 17.3 Å². The summed E-state index contributed by atoms with van der Waals surface area (Å²) in [6.45, 7) is 0.245. The molecule has 3 aromatic rings. The zero-order valence-electron chi connectivity index (χ0n) is 14.8. The lowest BCUT2D eigenvalue weighted by atomic mass is 10.2. The number of benzene rings is 2. The molecule has 29 heavy (non-hydrogen) atoms. The average Bonchev–Trinajstić information content (AvgIpc) is 3.36. The molecular formula is C19H14N2O8. The van der Waals surface area contributed by atoms with Gasteiger partial charge in [-0.25, -0.2) is 0 Å². The lowest BCUT2D eigenvalue weighted by Gasteiger charge is -2.06. The van der Waals surface area contributed by atoms with E-state index in [1.165, 1.54) is 18.2 Å². The van der Waals surface area contributed by atoms with Crippen molar-refractivity contribution in [1.29, 1.82) is 0 Å². The number of phenolic OH excluding ortho intramolecular Hbond substituents is 1. The maximum absolute atomic E-state index is 12.3. The molecule has 1 amide bonds. The van der Waals surface area contributed by atoms with Crippen LogP contribution in [0.25, 0.3) is 0 Å². The first-order chi connectivity index (χ1) is 14.0. The molecule has 2 heterocycles. The fraction of sp³-hybridized carbons (Fsp3) is 0.105. The van der Waals surface area contributed by atoms with Crippen molar-refractivity contribution in [2.45, 2.75) is 6.61 Å². The van der Waals surface area contributed by atoms with Gasteiger partial charge in [0.1, 0.15) is 23.9 Å². The van der Waals surface area contributed by atoms with Gasteiger partial charge in [-0.15, -0.1) is 0 Å². The minimum Gasteiger partial charge on any atom is -0.506 e. The number of carbonyl (C=O) groups excluding carboxylic acids is 1. The smallest absolute Gasteiger partial charge is 0.291 e. The highest BCUT2D eigenvalue weighted by atomic mass is 16.7. The van der Waals surface area contributed by atoms with Crippen LogP contribution >= 0.6 is 0 Å². The number of fused-ring (bicyclic) bond motifs is 1. The second-order valence-electron chi connectivity index (χ2n) is 5.98. The fourth-order valence-corrected chi connectivity index (χ4v) is 2.62. The van der Waals surface area contributed by atoms with E-state index in [-0.39, 0.29) is 30.5 Å². The summed E-state index contributed by atoms with van der Waals surface area (Å²) in [7, 11) is 0. The van der Waals surface area contributed by atoms with Crippen molar-refractivity contribution in [2.75, 3.05) is 12.1 Å². The Kier molecular flexibility index (Phi) is 4.65. The molecule has 1 aliphatic heterocycles. The Hall–Kier alpha value is -4.21. The molecule has 1 aromatic heterocycles. The molecule has 10 nitrogen and oxygen atoms in total. The van der Waals surface area contributed by atoms with E-state index < -0.39 is 16.6 Å². The number of nitrogens with one attached hydrogen (secondary N) is 1. The Labute approximate surface area is 163 Å². The van der Waals surface area contributed by atoms with Gasteiger partial charge >= 0.3 is 0 Å². The Morgan fingerprint density at radius 2 is 1.97 bits per heavy atom. The number of aromatic hydroxyl groups is 1. The van der Waals surface area contributed by atoms with Crippen LogP contribution in [-0.2, 0) is 6.61 Å². The molecule has 0 radical (unpaired) electrons. The molecule has 4 rings (SSSR count). The summed E-state index contributed by atoms with van der Waals surface area (Å²) in [5.41, 5.74) is -0.267. The zero-order valence-corrected chi connectivity index (χ0v) is 14.8. The monoisotopic (exact) mass is 398 g/mol. The third-order valence-electron chi connectivity index (χ3n) is 4.05.